The van der Waals surface area contributed by atoms with E-state index in [-0.39, 0.29) is 5.91 Å². The van der Waals surface area contributed by atoms with Crippen LogP contribution in [0, 0.1) is 11.3 Å². The minimum Gasteiger partial charge on any atom is -0.351 e. The van der Waals surface area contributed by atoms with E-state index in [4.69, 9.17) is 5.26 Å². The SMILES string of the molecule is CCNCCNC(=O)c1ccc(C#N)cc1. The highest BCUT2D eigenvalue weighted by molar-refractivity contribution is 5.94. The zero-order valence-electron chi connectivity index (χ0n) is 9.29. The van der Waals surface area contributed by atoms with E-state index < -0.39 is 0 Å². The Morgan fingerprint density at radius 2 is 2.00 bits per heavy atom. The molecule has 0 fully saturated rings. The van der Waals surface area contributed by atoms with Crippen LogP contribution in [0.25, 0.3) is 0 Å². The fourth-order valence-electron chi connectivity index (χ4n) is 1.24. The standard InChI is InChI=1S/C12H15N3O/c1-2-14-7-8-15-12(16)11-5-3-10(9-13)4-6-11/h3-6,14H,2,7-8H2,1H3,(H,15,16). The largest absolute Gasteiger partial charge is 0.351 e. The zero-order valence-corrected chi connectivity index (χ0v) is 9.29. The van der Waals surface area contributed by atoms with Crippen LogP contribution in [-0.2, 0) is 0 Å². The van der Waals surface area contributed by atoms with Gasteiger partial charge in [-0.2, -0.15) is 5.26 Å². The third-order valence-electron chi connectivity index (χ3n) is 2.11. The maximum absolute atomic E-state index is 11.6. The molecule has 4 heteroatoms. The normalized spacial score (nSPS) is 9.50. The number of carbonyl (C=O) groups excluding carboxylic acids is 1. The first-order chi connectivity index (χ1) is 7.77. The van der Waals surface area contributed by atoms with Gasteiger partial charge in [-0.1, -0.05) is 6.92 Å². The summed E-state index contributed by atoms with van der Waals surface area (Å²) in [5.74, 6) is -0.109. The first kappa shape index (κ1) is 12.2. The number of carbonyl (C=O) groups is 1. The predicted molar refractivity (Wildman–Crippen MR) is 62.0 cm³/mol. The summed E-state index contributed by atoms with van der Waals surface area (Å²) in [6.07, 6.45) is 0. The topological polar surface area (TPSA) is 64.9 Å². The molecule has 1 aromatic rings. The molecular weight excluding hydrogens is 202 g/mol. The fraction of sp³-hybridized carbons (Fsp3) is 0.333. The van der Waals surface area contributed by atoms with E-state index in [2.05, 4.69) is 10.6 Å². The molecule has 0 saturated carbocycles. The van der Waals surface area contributed by atoms with Crippen LogP contribution in [0.15, 0.2) is 24.3 Å². The Balaban J connectivity index is 2.44. The van der Waals surface area contributed by atoms with Crippen molar-refractivity contribution < 1.29 is 4.79 Å². The molecule has 0 unspecified atom stereocenters. The van der Waals surface area contributed by atoms with Crippen molar-refractivity contribution in [2.45, 2.75) is 6.92 Å². The molecule has 16 heavy (non-hydrogen) atoms. The van der Waals surface area contributed by atoms with Gasteiger partial charge in [-0.25, -0.2) is 0 Å². The maximum atomic E-state index is 11.6. The zero-order chi connectivity index (χ0) is 11.8. The molecular formula is C12H15N3O. The monoisotopic (exact) mass is 217 g/mol. The van der Waals surface area contributed by atoms with Crippen LogP contribution >= 0.6 is 0 Å². The lowest BCUT2D eigenvalue weighted by Crippen LogP contribution is -2.31. The van der Waals surface area contributed by atoms with Crippen LogP contribution in [0.5, 0.6) is 0 Å². The number of amides is 1. The van der Waals surface area contributed by atoms with Gasteiger partial charge in [-0.15, -0.1) is 0 Å². The van der Waals surface area contributed by atoms with Crippen molar-refractivity contribution in [1.82, 2.24) is 10.6 Å². The van der Waals surface area contributed by atoms with Crippen molar-refractivity contribution >= 4 is 5.91 Å². The smallest absolute Gasteiger partial charge is 0.251 e. The first-order valence-corrected chi connectivity index (χ1v) is 5.27. The number of nitrogens with one attached hydrogen (secondary N) is 2. The van der Waals surface area contributed by atoms with Gasteiger partial charge in [0.15, 0.2) is 0 Å². The number of likely N-dealkylation sites (N-methyl/N-ethyl adjacent to an activating group) is 1. The lowest BCUT2D eigenvalue weighted by molar-refractivity contribution is 0.0954. The minimum atomic E-state index is -0.109. The van der Waals surface area contributed by atoms with Crippen molar-refractivity contribution in [1.29, 1.82) is 5.26 Å². The van der Waals surface area contributed by atoms with E-state index in [9.17, 15) is 4.79 Å². The molecule has 1 rings (SSSR count). The maximum Gasteiger partial charge on any atom is 0.251 e. The predicted octanol–water partition coefficient (Wildman–Crippen LogP) is 0.898. The summed E-state index contributed by atoms with van der Waals surface area (Å²) in [6.45, 7) is 4.28. The lowest BCUT2D eigenvalue weighted by atomic mass is 10.1. The molecule has 0 atom stereocenters. The average molecular weight is 217 g/mol. The Labute approximate surface area is 95.3 Å². The van der Waals surface area contributed by atoms with Gasteiger partial charge in [0.1, 0.15) is 0 Å². The van der Waals surface area contributed by atoms with Gasteiger partial charge in [0.25, 0.3) is 5.91 Å². The molecule has 0 saturated heterocycles. The van der Waals surface area contributed by atoms with Gasteiger partial charge in [-0.05, 0) is 30.8 Å². The molecule has 2 N–H and O–H groups in total. The molecule has 84 valence electrons. The van der Waals surface area contributed by atoms with E-state index in [1.807, 2.05) is 13.0 Å². The molecule has 0 aliphatic carbocycles. The summed E-state index contributed by atoms with van der Waals surface area (Å²) >= 11 is 0. The third-order valence-corrected chi connectivity index (χ3v) is 2.11. The molecule has 0 radical (unpaired) electrons. The number of nitriles is 1. The van der Waals surface area contributed by atoms with Crippen molar-refractivity contribution in [2.75, 3.05) is 19.6 Å². The number of nitrogens with zero attached hydrogens (tertiary/aromatic N) is 1. The number of rotatable bonds is 5. The highest BCUT2D eigenvalue weighted by Gasteiger charge is 2.03. The highest BCUT2D eigenvalue weighted by atomic mass is 16.1. The van der Waals surface area contributed by atoms with E-state index in [0.29, 0.717) is 17.7 Å². The fourth-order valence-corrected chi connectivity index (χ4v) is 1.24. The van der Waals surface area contributed by atoms with Crippen molar-refractivity contribution in [3.8, 4) is 6.07 Å². The second-order valence-corrected chi connectivity index (χ2v) is 3.30. The molecule has 0 spiro atoms. The van der Waals surface area contributed by atoms with E-state index >= 15 is 0 Å². The summed E-state index contributed by atoms with van der Waals surface area (Å²) < 4.78 is 0. The summed E-state index contributed by atoms with van der Waals surface area (Å²) in [5, 5.41) is 14.5. The third kappa shape index (κ3) is 3.71. The molecule has 0 aromatic heterocycles. The van der Waals surface area contributed by atoms with Crippen molar-refractivity contribution in [3.63, 3.8) is 0 Å². The summed E-state index contributed by atoms with van der Waals surface area (Å²) in [5.41, 5.74) is 1.14. The van der Waals surface area contributed by atoms with E-state index in [1.54, 1.807) is 24.3 Å². The van der Waals surface area contributed by atoms with Crippen LogP contribution < -0.4 is 10.6 Å². The second-order valence-electron chi connectivity index (χ2n) is 3.30. The first-order valence-electron chi connectivity index (χ1n) is 5.27. The molecule has 0 aliphatic heterocycles. The number of benzene rings is 1. The van der Waals surface area contributed by atoms with Crippen LogP contribution in [0.3, 0.4) is 0 Å². The average Bonchev–Trinajstić information content (AvgIpc) is 2.34. The van der Waals surface area contributed by atoms with Crippen LogP contribution in [0.4, 0.5) is 0 Å². The van der Waals surface area contributed by atoms with Crippen LogP contribution in [-0.4, -0.2) is 25.5 Å². The Bertz CT molecular complexity index is 378. The number of hydrogen-bond donors (Lipinski definition) is 2. The molecule has 0 bridgehead atoms. The summed E-state index contributed by atoms with van der Waals surface area (Å²) in [6, 6.07) is 8.60. The Hall–Kier alpha value is -1.86. The number of hydrogen-bond acceptors (Lipinski definition) is 3. The van der Waals surface area contributed by atoms with Crippen molar-refractivity contribution in [2.24, 2.45) is 0 Å². The second kappa shape index (κ2) is 6.59. The lowest BCUT2D eigenvalue weighted by Gasteiger charge is -2.05. The molecule has 0 heterocycles. The van der Waals surface area contributed by atoms with E-state index in [1.165, 1.54) is 0 Å². The van der Waals surface area contributed by atoms with Gasteiger partial charge in [0.2, 0.25) is 0 Å². The molecule has 1 aromatic carbocycles. The summed E-state index contributed by atoms with van der Waals surface area (Å²) in [4.78, 5) is 11.6. The highest BCUT2D eigenvalue weighted by Crippen LogP contribution is 2.02. The van der Waals surface area contributed by atoms with Crippen LogP contribution in [0.2, 0.25) is 0 Å². The Kier molecular flexibility index (Phi) is 5.03. The van der Waals surface area contributed by atoms with Gasteiger partial charge >= 0.3 is 0 Å². The van der Waals surface area contributed by atoms with Gasteiger partial charge in [0, 0.05) is 18.7 Å². The van der Waals surface area contributed by atoms with Gasteiger partial charge in [-0.3, -0.25) is 4.79 Å². The van der Waals surface area contributed by atoms with Gasteiger partial charge in [0.05, 0.1) is 11.6 Å². The Morgan fingerprint density at radius 1 is 1.31 bits per heavy atom. The van der Waals surface area contributed by atoms with Gasteiger partial charge < -0.3 is 10.6 Å². The molecule has 0 aliphatic rings. The molecule has 1 amide bonds. The summed E-state index contributed by atoms with van der Waals surface area (Å²) in [7, 11) is 0. The van der Waals surface area contributed by atoms with Crippen molar-refractivity contribution in [3.05, 3.63) is 35.4 Å². The quantitative estimate of drug-likeness (QED) is 0.720. The molecule has 4 nitrogen and oxygen atoms in total. The van der Waals surface area contributed by atoms with E-state index in [0.717, 1.165) is 13.1 Å². The van der Waals surface area contributed by atoms with Crippen LogP contribution in [0.1, 0.15) is 22.8 Å². The Morgan fingerprint density at radius 3 is 2.56 bits per heavy atom. The minimum absolute atomic E-state index is 0.109.